The number of hydrogen-bond acceptors (Lipinski definition) is 3. The van der Waals surface area contributed by atoms with E-state index < -0.39 is 9.84 Å². The first kappa shape index (κ1) is 16.2. The standard InChI is InChI=1S/C14H26N2O2S/c1-12(2)19(17,18)10-9-16-8-6-7-13(16)11-15-14(3,4)5/h6-8,12,15H,9-11H2,1-5H3. The normalized spacial score (nSPS) is 13.2. The highest BCUT2D eigenvalue weighted by molar-refractivity contribution is 7.91. The SMILES string of the molecule is CC(C)S(=O)(=O)CCn1cccc1CNC(C)(C)C. The van der Waals surface area contributed by atoms with Gasteiger partial charge in [0, 0.05) is 30.5 Å². The third-order valence-corrected chi connectivity index (χ3v) is 5.25. The van der Waals surface area contributed by atoms with Crippen LogP contribution < -0.4 is 5.32 Å². The molecule has 0 radical (unpaired) electrons. The van der Waals surface area contributed by atoms with Gasteiger partial charge in [-0.05, 0) is 46.8 Å². The summed E-state index contributed by atoms with van der Waals surface area (Å²) in [6.07, 6.45) is 1.94. The summed E-state index contributed by atoms with van der Waals surface area (Å²) in [4.78, 5) is 0. The fraction of sp³-hybridized carbons (Fsp3) is 0.714. The lowest BCUT2D eigenvalue weighted by molar-refractivity contribution is 0.416. The minimum Gasteiger partial charge on any atom is -0.349 e. The summed E-state index contributed by atoms with van der Waals surface area (Å²) < 4.78 is 25.7. The first-order valence-corrected chi connectivity index (χ1v) is 8.44. The summed E-state index contributed by atoms with van der Waals surface area (Å²) in [5.74, 6) is 0.196. The number of sulfone groups is 1. The fourth-order valence-electron chi connectivity index (χ4n) is 1.65. The molecule has 5 heteroatoms. The molecule has 1 N–H and O–H groups in total. The maximum absolute atomic E-state index is 11.8. The zero-order chi connectivity index (χ0) is 14.7. The molecule has 0 aliphatic rings. The van der Waals surface area contributed by atoms with E-state index in [-0.39, 0.29) is 16.5 Å². The zero-order valence-electron chi connectivity index (χ0n) is 12.6. The molecule has 0 spiro atoms. The van der Waals surface area contributed by atoms with Crippen LogP contribution in [0.4, 0.5) is 0 Å². The highest BCUT2D eigenvalue weighted by atomic mass is 32.2. The second kappa shape index (κ2) is 6.09. The van der Waals surface area contributed by atoms with Crippen molar-refractivity contribution in [1.29, 1.82) is 0 Å². The van der Waals surface area contributed by atoms with Crippen molar-refractivity contribution in [3.63, 3.8) is 0 Å². The molecule has 0 saturated heterocycles. The van der Waals surface area contributed by atoms with Crippen LogP contribution in [-0.4, -0.2) is 29.5 Å². The Morgan fingerprint density at radius 2 is 1.95 bits per heavy atom. The molecular weight excluding hydrogens is 260 g/mol. The molecule has 1 rings (SSSR count). The molecule has 0 fully saturated rings. The Kier molecular flexibility index (Phi) is 5.21. The molecule has 1 heterocycles. The van der Waals surface area contributed by atoms with Gasteiger partial charge in [-0.1, -0.05) is 0 Å². The van der Waals surface area contributed by atoms with Crippen LogP contribution in [-0.2, 0) is 22.9 Å². The lowest BCUT2D eigenvalue weighted by Crippen LogP contribution is -2.35. The van der Waals surface area contributed by atoms with Gasteiger partial charge in [0.1, 0.15) is 0 Å². The molecule has 0 aromatic carbocycles. The summed E-state index contributed by atoms with van der Waals surface area (Å²) in [7, 11) is -2.98. The summed E-state index contributed by atoms with van der Waals surface area (Å²) >= 11 is 0. The van der Waals surface area contributed by atoms with Crippen LogP contribution >= 0.6 is 0 Å². The van der Waals surface area contributed by atoms with Crippen molar-refractivity contribution >= 4 is 9.84 Å². The van der Waals surface area contributed by atoms with Gasteiger partial charge in [-0.3, -0.25) is 0 Å². The molecule has 0 atom stereocenters. The largest absolute Gasteiger partial charge is 0.349 e. The van der Waals surface area contributed by atoms with Crippen LogP contribution in [0.2, 0.25) is 0 Å². The van der Waals surface area contributed by atoms with Crippen LogP contribution in [0.3, 0.4) is 0 Å². The monoisotopic (exact) mass is 286 g/mol. The van der Waals surface area contributed by atoms with Crippen molar-refractivity contribution in [2.45, 2.75) is 58.5 Å². The van der Waals surface area contributed by atoms with Crippen molar-refractivity contribution in [2.75, 3.05) is 5.75 Å². The van der Waals surface area contributed by atoms with Crippen LogP contribution in [0, 0.1) is 0 Å². The van der Waals surface area contributed by atoms with E-state index in [9.17, 15) is 8.42 Å². The maximum Gasteiger partial charge on any atom is 0.154 e. The summed E-state index contributed by atoms with van der Waals surface area (Å²) in [6, 6.07) is 3.99. The molecule has 0 unspecified atom stereocenters. The van der Waals surface area contributed by atoms with Gasteiger partial charge < -0.3 is 9.88 Å². The van der Waals surface area contributed by atoms with Gasteiger partial charge in [-0.2, -0.15) is 0 Å². The van der Waals surface area contributed by atoms with Gasteiger partial charge in [0.2, 0.25) is 0 Å². The lowest BCUT2D eigenvalue weighted by Gasteiger charge is -2.21. The first-order chi connectivity index (χ1) is 8.62. The van der Waals surface area contributed by atoms with Gasteiger partial charge in [0.25, 0.3) is 0 Å². The molecule has 1 aromatic rings. The lowest BCUT2D eigenvalue weighted by atomic mass is 10.1. The number of aromatic nitrogens is 1. The quantitative estimate of drug-likeness (QED) is 0.872. The predicted molar refractivity (Wildman–Crippen MR) is 79.9 cm³/mol. The number of hydrogen-bond donors (Lipinski definition) is 1. The van der Waals surface area contributed by atoms with Crippen molar-refractivity contribution in [1.82, 2.24) is 9.88 Å². The van der Waals surface area contributed by atoms with E-state index in [1.165, 1.54) is 0 Å². The second-order valence-corrected chi connectivity index (χ2v) is 8.89. The topological polar surface area (TPSA) is 51.1 Å². The smallest absolute Gasteiger partial charge is 0.154 e. The number of aryl methyl sites for hydroxylation is 1. The third-order valence-electron chi connectivity index (χ3n) is 3.06. The summed E-state index contributed by atoms with van der Waals surface area (Å²) in [6.45, 7) is 11.1. The van der Waals surface area contributed by atoms with Crippen LogP contribution in [0.25, 0.3) is 0 Å². The minimum absolute atomic E-state index is 0.0547. The van der Waals surface area contributed by atoms with E-state index in [0.717, 1.165) is 12.2 Å². The van der Waals surface area contributed by atoms with Crippen LogP contribution in [0.1, 0.15) is 40.3 Å². The number of nitrogens with zero attached hydrogens (tertiary/aromatic N) is 1. The Morgan fingerprint density at radius 1 is 1.32 bits per heavy atom. The Morgan fingerprint density at radius 3 is 2.47 bits per heavy atom. The second-order valence-electron chi connectivity index (χ2n) is 6.21. The molecule has 0 saturated carbocycles. The van der Waals surface area contributed by atoms with Crippen molar-refractivity contribution in [3.8, 4) is 0 Å². The average molecular weight is 286 g/mol. The average Bonchev–Trinajstić information content (AvgIpc) is 2.70. The summed E-state index contributed by atoms with van der Waals surface area (Å²) in [5, 5.41) is 3.11. The van der Waals surface area contributed by atoms with Gasteiger partial charge in [0.15, 0.2) is 9.84 Å². The van der Waals surface area contributed by atoms with Gasteiger partial charge in [-0.25, -0.2) is 8.42 Å². The third kappa shape index (κ3) is 5.37. The van der Waals surface area contributed by atoms with Crippen LogP contribution in [0.15, 0.2) is 18.3 Å². The molecule has 0 aliphatic carbocycles. The Balaban J connectivity index is 2.64. The van der Waals surface area contributed by atoms with E-state index in [1.807, 2.05) is 22.9 Å². The van der Waals surface area contributed by atoms with Gasteiger partial charge in [0.05, 0.1) is 11.0 Å². The van der Waals surface area contributed by atoms with Crippen molar-refractivity contribution in [2.24, 2.45) is 0 Å². The van der Waals surface area contributed by atoms with Gasteiger partial charge >= 0.3 is 0 Å². The van der Waals surface area contributed by atoms with Gasteiger partial charge in [-0.15, -0.1) is 0 Å². The highest BCUT2D eigenvalue weighted by Gasteiger charge is 2.16. The molecule has 4 nitrogen and oxygen atoms in total. The zero-order valence-corrected chi connectivity index (χ0v) is 13.4. The summed E-state index contributed by atoms with van der Waals surface area (Å²) in [5.41, 5.74) is 1.17. The number of rotatable bonds is 6. The van der Waals surface area contributed by atoms with E-state index in [4.69, 9.17) is 0 Å². The fourth-order valence-corrected chi connectivity index (χ4v) is 2.57. The molecule has 0 bridgehead atoms. The first-order valence-electron chi connectivity index (χ1n) is 6.72. The van der Waals surface area contributed by atoms with E-state index in [0.29, 0.717) is 6.54 Å². The van der Waals surface area contributed by atoms with E-state index in [1.54, 1.807) is 13.8 Å². The Hall–Kier alpha value is -0.810. The van der Waals surface area contributed by atoms with Crippen molar-refractivity contribution in [3.05, 3.63) is 24.0 Å². The molecular formula is C14H26N2O2S. The van der Waals surface area contributed by atoms with E-state index >= 15 is 0 Å². The molecule has 1 aromatic heterocycles. The number of nitrogens with one attached hydrogen (secondary N) is 1. The van der Waals surface area contributed by atoms with Crippen LogP contribution in [0.5, 0.6) is 0 Å². The predicted octanol–water partition coefficient (Wildman–Crippen LogP) is 2.20. The Labute approximate surface area is 117 Å². The minimum atomic E-state index is -2.98. The van der Waals surface area contributed by atoms with E-state index in [2.05, 4.69) is 26.1 Å². The maximum atomic E-state index is 11.8. The Bertz CT molecular complexity index is 496. The highest BCUT2D eigenvalue weighted by Crippen LogP contribution is 2.08. The molecule has 0 aliphatic heterocycles. The molecule has 110 valence electrons. The molecule has 0 amide bonds. The molecule has 19 heavy (non-hydrogen) atoms. The van der Waals surface area contributed by atoms with Crippen molar-refractivity contribution < 1.29 is 8.42 Å².